The van der Waals surface area contributed by atoms with E-state index in [0.717, 1.165) is 0 Å². The van der Waals surface area contributed by atoms with Crippen LogP contribution in [0.1, 0.15) is 29.0 Å². The molecule has 0 bridgehead atoms. The Hall–Kier alpha value is -1.37. The number of aliphatic hydroxyl groups is 1. The lowest BCUT2D eigenvalue weighted by Crippen LogP contribution is -2.07. The van der Waals surface area contributed by atoms with E-state index in [1.54, 1.807) is 18.2 Å². The first-order valence-corrected chi connectivity index (χ1v) is 5.28. The highest BCUT2D eigenvalue weighted by Gasteiger charge is 2.18. The first-order valence-electron chi connectivity index (χ1n) is 4.84. The smallest absolute Gasteiger partial charge is 0.152 e. The Morgan fingerprint density at radius 3 is 2.81 bits per heavy atom. The van der Waals surface area contributed by atoms with Gasteiger partial charge in [0.15, 0.2) is 5.78 Å². The van der Waals surface area contributed by atoms with Gasteiger partial charge in [-0.25, -0.2) is 0 Å². The van der Waals surface area contributed by atoms with Gasteiger partial charge >= 0.3 is 0 Å². The van der Waals surface area contributed by atoms with Crippen molar-refractivity contribution in [3.05, 3.63) is 34.9 Å². The Kier molecular flexibility index (Phi) is 4.48. The van der Waals surface area contributed by atoms with Crippen molar-refractivity contribution >= 4 is 17.4 Å². The maximum absolute atomic E-state index is 11.2. The van der Waals surface area contributed by atoms with E-state index < -0.39 is 5.38 Å². The monoisotopic (exact) mass is 237 g/mol. The summed E-state index contributed by atoms with van der Waals surface area (Å²) in [6.45, 7) is 1.24. The number of carbonyl (C=O) groups excluding carboxylic acids is 1. The lowest BCUT2D eigenvalue weighted by Gasteiger charge is -2.13. The number of carbonyl (C=O) groups is 1. The molecule has 0 aliphatic rings. The van der Waals surface area contributed by atoms with Crippen LogP contribution in [0.5, 0.6) is 0 Å². The van der Waals surface area contributed by atoms with E-state index in [0.29, 0.717) is 16.7 Å². The molecule has 3 nitrogen and oxygen atoms in total. The van der Waals surface area contributed by atoms with E-state index in [2.05, 4.69) is 0 Å². The third-order valence-corrected chi connectivity index (χ3v) is 2.91. The Bertz CT molecular complexity index is 437. The Morgan fingerprint density at radius 1 is 1.62 bits per heavy atom. The van der Waals surface area contributed by atoms with E-state index in [1.807, 2.05) is 6.07 Å². The minimum Gasteiger partial charge on any atom is -0.392 e. The van der Waals surface area contributed by atoms with Gasteiger partial charge in [0.05, 0.1) is 19.1 Å². The summed E-state index contributed by atoms with van der Waals surface area (Å²) in [6.07, 6.45) is 0.141. The van der Waals surface area contributed by atoms with Crippen molar-refractivity contribution in [2.45, 2.75) is 25.3 Å². The van der Waals surface area contributed by atoms with Gasteiger partial charge in [-0.05, 0) is 23.6 Å². The molecule has 84 valence electrons. The molecule has 0 saturated carbocycles. The molecule has 1 unspecified atom stereocenters. The summed E-state index contributed by atoms with van der Waals surface area (Å²) in [5.41, 5.74) is 1.91. The maximum atomic E-state index is 11.2. The largest absolute Gasteiger partial charge is 0.392 e. The van der Waals surface area contributed by atoms with Crippen molar-refractivity contribution in [2.24, 2.45) is 0 Å². The van der Waals surface area contributed by atoms with Gasteiger partial charge < -0.3 is 5.11 Å². The van der Waals surface area contributed by atoms with Crippen molar-refractivity contribution < 1.29 is 9.90 Å². The summed E-state index contributed by atoms with van der Waals surface area (Å²) in [5.74, 6) is -0.170. The quantitative estimate of drug-likeness (QED) is 0.816. The zero-order chi connectivity index (χ0) is 12.1. The summed E-state index contributed by atoms with van der Waals surface area (Å²) in [7, 11) is 0. The molecule has 0 aliphatic carbocycles. The molecule has 4 heteroatoms. The summed E-state index contributed by atoms with van der Waals surface area (Å²) >= 11 is 5.97. The fraction of sp³-hybridized carbons (Fsp3) is 0.333. The van der Waals surface area contributed by atoms with Crippen LogP contribution in [0.4, 0.5) is 0 Å². The highest BCUT2D eigenvalue weighted by molar-refractivity contribution is 6.30. The Balaban J connectivity index is 3.27. The second kappa shape index (κ2) is 5.64. The summed E-state index contributed by atoms with van der Waals surface area (Å²) in [4.78, 5) is 11.2. The molecule has 0 aliphatic heterocycles. The minimum atomic E-state index is -0.755. The molecule has 0 saturated heterocycles. The molecule has 1 aromatic rings. The van der Waals surface area contributed by atoms with Crippen LogP contribution in [-0.4, -0.2) is 10.9 Å². The number of rotatable bonds is 4. The zero-order valence-corrected chi connectivity index (χ0v) is 9.66. The lowest BCUT2D eigenvalue weighted by atomic mass is 9.95. The number of Topliss-reactive ketones (excluding diaryl/α,β-unsaturated/α-hetero) is 1. The highest BCUT2D eigenvalue weighted by Crippen LogP contribution is 2.27. The summed E-state index contributed by atoms with van der Waals surface area (Å²) in [5, 5.41) is 17.1. The minimum absolute atomic E-state index is 0.141. The molecule has 0 spiro atoms. The third-order valence-electron chi connectivity index (χ3n) is 2.37. The van der Waals surface area contributed by atoms with Crippen molar-refractivity contribution in [3.8, 4) is 6.07 Å². The fourth-order valence-corrected chi connectivity index (χ4v) is 1.76. The van der Waals surface area contributed by atoms with Gasteiger partial charge in [0.1, 0.15) is 5.38 Å². The van der Waals surface area contributed by atoms with E-state index >= 15 is 0 Å². The average Bonchev–Trinajstić information content (AvgIpc) is 2.28. The normalized spacial score (nSPS) is 11.9. The Morgan fingerprint density at radius 2 is 2.31 bits per heavy atom. The number of alkyl halides is 1. The van der Waals surface area contributed by atoms with Crippen molar-refractivity contribution in [1.29, 1.82) is 5.26 Å². The van der Waals surface area contributed by atoms with Crippen LogP contribution in [0.3, 0.4) is 0 Å². The Labute approximate surface area is 99.3 Å². The van der Waals surface area contributed by atoms with Gasteiger partial charge in [0.25, 0.3) is 0 Å². The van der Waals surface area contributed by atoms with E-state index in [4.69, 9.17) is 22.0 Å². The van der Waals surface area contributed by atoms with Gasteiger partial charge in [-0.3, -0.25) is 4.79 Å². The van der Waals surface area contributed by atoms with Crippen LogP contribution in [0.15, 0.2) is 18.2 Å². The number of benzene rings is 1. The second-order valence-corrected chi connectivity index (χ2v) is 3.89. The standard InChI is InChI=1S/C12H12ClNO2/c1-8(16)12(13)11-4-2-3-9(7-15)10(11)5-6-14/h2-4,12,15H,5,7H2,1H3. The van der Waals surface area contributed by atoms with Gasteiger partial charge in [-0.2, -0.15) is 5.26 Å². The molecule has 1 atom stereocenters. The first-order chi connectivity index (χ1) is 7.61. The number of hydrogen-bond acceptors (Lipinski definition) is 3. The molecule has 0 radical (unpaired) electrons. The number of nitriles is 1. The molecule has 0 heterocycles. The SMILES string of the molecule is CC(=O)C(Cl)c1cccc(CO)c1CC#N. The molecule has 0 aromatic heterocycles. The molecule has 1 aromatic carbocycles. The number of nitrogens with zero attached hydrogens (tertiary/aromatic N) is 1. The number of hydrogen-bond donors (Lipinski definition) is 1. The first kappa shape index (κ1) is 12.7. The number of ketones is 1. The van der Waals surface area contributed by atoms with Crippen molar-refractivity contribution in [3.63, 3.8) is 0 Å². The van der Waals surface area contributed by atoms with Crippen LogP contribution >= 0.6 is 11.6 Å². The fourth-order valence-electron chi connectivity index (χ4n) is 1.55. The number of aliphatic hydroxyl groups excluding tert-OH is 1. The summed E-state index contributed by atoms with van der Waals surface area (Å²) in [6, 6.07) is 7.17. The predicted molar refractivity (Wildman–Crippen MR) is 61.0 cm³/mol. The second-order valence-electron chi connectivity index (χ2n) is 3.45. The van der Waals surface area contributed by atoms with Gasteiger partial charge in [-0.15, -0.1) is 11.6 Å². The average molecular weight is 238 g/mol. The molecule has 1 rings (SSSR count). The topological polar surface area (TPSA) is 61.1 Å². The highest BCUT2D eigenvalue weighted by atomic mass is 35.5. The molecular formula is C12H12ClNO2. The zero-order valence-electron chi connectivity index (χ0n) is 8.90. The van der Waals surface area contributed by atoms with E-state index in [-0.39, 0.29) is 18.8 Å². The van der Waals surface area contributed by atoms with Gasteiger partial charge in [0, 0.05) is 0 Å². The molecule has 0 fully saturated rings. The van der Waals surface area contributed by atoms with Crippen LogP contribution in [-0.2, 0) is 17.8 Å². The van der Waals surface area contributed by atoms with E-state index in [9.17, 15) is 4.79 Å². The van der Waals surface area contributed by atoms with Gasteiger partial charge in [0.2, 0.25) is 0 Å². The van der Waals surface area contributed by atoms with Crippen LogP contribution in [0.2, 0.25) is 0 Å². The van der Waals surface area contributed by atoms with E-state index in [1.165, 1.54) is 6.92 Å². The lowest BCUT2D eigenvalue weighted by molar-refractivity contribution is -0.116. The summed E-state index contributed by atoms with van der Waals surface area (Å²) < 4.78 is 0. The van der Waals surface area contributed by atoms with Crippen LogP contribution in [0, 0.1) is 11.3 Å². The molecule has 0 amide bonds. The third kappa shape index (κ3) is 2.60. The van der Waals surface area contributed by atoms with Gasteiger partial charge in [-0.1, -0.05) is 18.2 Å². The molecule has 1 N–H and O–H groups in total. The maximum Gasteiger partial charge on any atom is 0.152 e. The van der Waals surface area contributed by atoms with Crippen LogP contribution in [0.25, 0.3) is 0 Å². The molecular weight excluding hydrogens is 226 g/mol. The number of halogens is 1. The predicted octanol–water partition coefficient (Wildman–Crippen LogP) is 2.11. The van der Waals surface area contributed by atoms with Crippen LogP contribution < -0.4 is 0 Å². The van der Waals surface area contributed by atoms with Crippen molar-refractivity contribution in [2.75, 3.05) is 0 Å². The molecule has 16 heavy (non-hydrogen) atoms. The van der Waals surface area contributed by atoms with Crippen molar-refractivity contribution in [1.82, 2.24) is 0 Å².